The van der Waals surface area contributed by atoms with Crippen molar-refractivity contribution in [2.24, 2.45) is 40.3 Å². The predicted octanol–water partition coefficient (Wildman–Crippen LogP) is -0.118. The molecule has 36 heteroatoms. The third kappa shape index (κ3) is 40.1. The summed E-state index contributed by atoms with van der Waals surface area (Å²) in [5.74, 6) is -9.98. The summed E-state index contributed by atoms with van der Waals surface area (Å²) in [6.45, 7) is 5.28. The molecule has 0 spiro atoms. The number of nitrogens with one attached hydrogen (secondary N) is 12. The maximum atomic E-state index is 15.1. The van der Waals surface area contributed by atoms with Crippen LogP contribution < -0.4 is 104 Å². The second-order valence-electron chi connectivity index (χ2n) is 30.4. The fourth-order valence-electron chi connectivity index (χ4n) is 13.0. The number of carbonyl (C=O) groups excluding carboxylic acids is 12. The maximum absolute atomic E-state index is 15.1. The summed E-state index contributed by atoms with van der Waals surface area (Å²) in [6.07, 6.45) is 5.65. The van der Waals surface area contributed by atoms with Crippen molar-refractivity contribution in [1.29, 1.82) is 0 Å². The van der Waals surface area contributed by atoms with Crippen LogP contribution in [0.2, 0.25) is 0 Å². The molecule has 0 bridgehead atoms. The SMILES string of the molecule is CC(C)C[C@H](NC(=O)[C@H](CCCCN)NC(=O)[C@H](CCCCN)NC(=O)[C@H](CCCCN)NC(=O)[C@H](CCCCNC(=O)c1ccccc1)NC(=O)[C@H](CCCCN)NC(=O)[C@H](CCCCN)NC(=O)[C@@H](N)CCCCNC(=O)c1ccccc1)C(=O)N[C@@H](CCCCNC(=O)c1ccc(B(O)O)cc1)C(=O)N[C@@H](Cc1ccc(O)cc1)C(=O)O. The molecule has 10 atom stereocenters. The van der Waals surface area contributed by atoms with E-state index in [4.69, 9.17) is 34.4 Å². The number of benzene rings is 4. The Morgan fingerprint density at radius 2 is 0.592 bits per heavy atom. The fraction of sp³-hybridized carbons (Fsp3) is 0.560. The number of aliphatic carboxylic acids is 1. The molecule has 0 aliphatic heterocycles. The molecule has 0 saturated carbocycles. The summed E-state index contributed by atoms with van der Waals surface area (Å²) in [4.78, 5) is 183. The number of hydrogen-bond acceptors (Lipinski definition) is 22. The number of carbonyl (C=O) groups is 13. The van der Waals surface area contributed by atoms with E-state index < -0.39 is 133 Å². The van der Waals surface area contributed by atoms with Gasteiger partial charge in [-0.2, -0.15) is 0 Å². The number of phenolic OH excluding ortho intramolecular Hbond substituents is 1. The maximum Gasteiger partial charge on any atom is 0.488 e. The van der Waals surface area contributed by atoms with Gasteiger partial charge in [0.2, 0.25) is 53.2 Å². The first-order valence-electron chi connectivity index (χ1n) is 42.0. The molecule has 4 aromatic rings. The Kier molecular flexibility index (Phi) is 49.6. The molecule has 0 aliphatic carbocycles. The largest absolute Gasteiger partial charge is 0.508 e. The van der Waals surface area contributed by atoms with Crippen molar-refractivity contribution < 1.29 is 82.6 Å². The first-order valence-corrected chi connectivity index (χ1v) is 42.0. The Balaban J connectivity index is 1.63. The molecule has 0 aromatic heterocycles. The minimum absolute atomic E-state index is 0.00632. The Labute approximate surface area is 703 Å². The van der Waals surface area contributed by atoms with Crippen molar-refractivity contribution in [3.8, 4) is 5.75 Å². The average molecular weight is 1680 g/mol. The number of nitrogens with two attached hydrogens (primary N) is 6. The highest BCUT2D eigenvalue weighted by molar-refractivity contribution is 6.58. The zero-order chi connectivity index (χ0) is 88.2. The standard InChI is InChI=1S/C84H131BN18O17/c1-55(2)53-70(83(116)101-69(82(115)103-71(84(117)118)54-56-37-43-61(104)44-38-56)36-16-24-52-94-74(107)59-39-41-60(42-40-59)85(119)120)102-81(114)67(34-13-21-49-90)99-78(111)66(33-12-20-48-89)97-77(110)65(32-11-19-47-88)98-80(113)68(35-15-23-51-93-73(106)58-27-7-4-8-28-58)100-79(112)64(31-10-18-46-87)96-76(109)63(30-9-17-45-86)95-75(108)62(91)29-14-22-50-92-72(105)57-25-5-3-6-26-57/h3-8,25-28,37-44,55,62-71,104,119-120H,9-24,29-36,45-54,86-91H2,1-2H3,(H,92,105)(H,93,106)(H,94,107)(H,95,108)(H,96,109)(H,97,110)(H,98,113)(H,99,111)(H,100,112)(H,101,116)(H,102,114)(H,103,115)(H,117,118)/t62-,63-,64-,65-,66-,67-,68-,69-,70-,71-/m0/s1. The van der Waals surface area contributed by atoms with Gasteiger partial charge in [-0.3, -0.25) is 57.5 Å². The molecule has 4 aromatic carbocycles. The molecule has 0 unspecified atom stereocenters. The van der Waals surface area contributed by atoms with Crippen molar-refractivity contribution in [3.05, 3.63) is 131 Å². The van der Waals surface area contributed by atoms with E-state index in [1.165, 1.54) is 48.5 Å². The highest BCUT2D eigenvalue weighted by Gasteiger charge is 2.37. The lowest BCUT2D eigenvalue weighted by Crippen LogP contribution is -2.60. The van der Waals surface area contributed by atoms with Gasteiger partial charge in [0.25, 0.3) is 17.7 Å². The summed E-state index contributed by atoms with van der Waals surface area (Å²) < 4.78 is 0. The first-order chi connectivity index (χ1) is 57.6. The van der Waals surface area contributed by atoms with Crippen LogP contribution in [0.5, 0.6) is 5.75 Å². The lowest BCUT2D eigenvalue weighted by Gasteiger charge is -2.29. The first kappa shape index (κ1) is 102. The molecule has 0 fully saturated rings. The zero-order valence-electron chi connectivity index (χ0n) is 69.4. The number of hydrogen-bond donors (Lipinski definition) is 22. The third-order valence-corrected chi connectivity index (χ3v) is 20.0. The van der Waals surface area contributed by atoms with Gasteiger partial charge in [0.15, 0.2) is 0 Å². The van der Waals surface area contributed by atoms with Crippen LogP contribution in [0.15, 0.2) is 109 Å². The zero-order valence-corrected chi connectivity index (χ0v) is 69.4. The minimum Gasteiger partial charge on any atom is -0.508 e. The average Bonchev–Trinajstić information content (AvgIpc) is 0.850. The molecular weight excluding hydrogens is 1540 g/mol. The molecule has 28 N–H and O–H groups in total. The van der Waals surface area contributed by atoms with Crippen LogP contribution in [0, 0.1) is 5.92 Å². The molecule has 0 radical (unpaired) electrons. The number of carboxylic acid groups (broad SMARTS) is 1. The van der Waals surface area contributed by atoms with Gasteiger partial charge in [-0.25, -0.2) is 4.79 Å². The van der Waals surface area contributed by atoms with Gasteiger partial charge in [-0.1, -0.05) is 74.5 Å². The molecule has 35 nitrogen and oxygen atoms in total. The monoisotopic (exact) mass is 1680 g/mol. The second kappa shape index (κ2) is 58.5. The van der Waals surface area contributed by atoms with Crippen LogP contribution in [-0.4, -0.2) is 217 Å². The van der Waals surface area contributed by atoms with E-state index in [9.17, 15) is 77.8 Å². The quantitative estimate of drug-likeness (QED) is 0.0202. The van der Waals surface area contributed by atoms with E-state index in [0.29, 0.717) is 93.9 Å². The number of unbranched alkanes of at least 4 members (excludes halogenated alkanes) is 8. The van der Waals surface area contributed by atoms with Gasteiger partial charge in [-0.05, 0) is 259 Å². The molecule has 0 aliphatic rings. The summed E-state index contributed by atoms with van der Waals surface area (Å²) >= 11 is 0. The normalized spacial score (nSPS) is 13.6. The van der Waals surface area contributed by atoms with Gasteiger partial charge in [-0.15, -0.1) is 0 Å². The van der Waals surface area contributed by atoms with Gasteiger partial charge in [0, 0.05) is 42.7 Å². The third-order valence-electron chi connectivity index (χ3n) is 20.0. The number of carboxylic acids is 1. The van der Waals surface area contributed by atoms with Crippen molar-refractivity contribution >= 4 is 89.4 Å². The Bertz CT molecular complexity index is 3780. The van der Waals surface area contributed by atoms with E-state index in [0.717, 1.165) is 0 Å². The predicted molar refractivity (Wildman–Crippen MR) is 456 cm³/mol. The second-order valence-corrected chi connectivity index (χ2v) is 30.4. The molecule has 4 rings (SSSR count). The number of rotatable bonds is 62. The fourth-order valence-corrected chi connectivity index (χ4v) is 13.0. The van der Waals surface area contributed by atoms with Gasteiger partial charge < -0.3 is 118 Å². The molecule has 0 saturated heterocycles. The minimum atomic E-state index is -1.74. The Morgan fingerprint density at radius 1 is 0.325 bits per heavy atom. The molecule has 120 heavy (non-hydrogen) atoms. The Morgan fingerprint density at radius 3 is 0.883 bits per heavy atom. The summed E-state index contributed by atoms with van der Waals surface area (Å²) in [5, 5.41) is 72.5. The van der Waals surface area contributed by atoms with Crippen LogP contribution in [0.4, 0.5) is 0 Å². The highest BCUT2D eigenvalue weighted by atomic mass is 16.4. The van der Waals surface area contributed by atoms with Crippen molar-refractivity contribution in [1.82, 2.24) is 63.8 Å². The number of phenols is 1. The van der Waals surface area contributed by atoms with E-state index in [1.807, 2.05) is 0 Å². The topological polar surface area (TPSA) is 603 Å². The highest BCUT2D eigenvalue weighted by Crippen LogP contribution is 2.17. The van der Waals surface area contributed by atoms with E-state index >= 15 is 4.79 Å². The number of amides is 12. The summed E-state index contributed by atoms with van der Waals surface area (Å²) in [5.41, 5.74) is 37.7. The van der Waals surface area contributed by atoms with Crippen molar-refractivity contribution in [2.75, 3.05) is 52.4 Å². The Hall–Kier alpha value is -10.5. The molecule has 0 heterocycles. The summed E-state index contributed by atoms with van der Waals surface area (Å²) in [6, 6.07) is 15.1. The van der Waals surface area contributed by atoms with Crippen LogP contribution in [-0.2, 0) is 54.4 Å². The number of aromatic hydroxyl groups is 1. The molecule has 12 amide bonds. The molecular formula is C84H131BN18O17. The van der Waals surface area contributed by atoms with Gasteiger partial charge in [0.05, 0.1) is 6.04 Å². The van der Waals surface area contributed by atoms with Crippen molar-refractivity contribution in [2.45, 2.75) is 241 Å². The summed E-state index contributed by atoms with van der Waals surface area (Å²) in [7, 11) is -1.74. The van der Waals surface area contributed by atoms with Gasteiger partial charge >= 0.3 is 13.1 Å². The van der Waals surface area contributed by atoms with Crippen LogP contribution in [0.1, 0.15) is 211 Å². The van der Waals surface area contributed by atoms with Crippen molar-refractivity contribution in [3.63, 3.8) is 0 Å². The van der Waals surface area contributed by atoms with Crippen LogP contribution in [0.25, 0.3) is 0 Å². The van der Waals surface area contributed by atoms with Crippen LogP contribution >= 0.6 is 0 Å². The van der Waals surface area contributed by atoms with Gasteiger partial charge in [0.1, 0.15) is 60.1 Å². The van der Waals surface area contributed by atoms with E-state index in [-0.39, 0.29) is 177 Å². The van der Waals surface area contributed by atoms with E-state index in [1.54, 1.807) is 74.5 Å². The smallest absolute Gasteiger partial charge is 0.488 e. The lowest BCUT2D eigenvalue weighted by atomic mass is 9.80. The van der Waals surface area contributed by atoms with Crippen LogP contribution in [0.3, 0.4) is 0 Å². The lowest BCUT2D eigenvalue weighted by molar-refractivity contribution is -0.142. The molecule has 662 valence electrons. The van der Waals surface area contributed by atoms with E-state index in [2.05, 4.69) is 63.8 Å².